The van der Waals surface area contributed by atoms with E-state index >= 15 is 0 Å². The lowest BCUT2D eigenvalue weighted by Crippen LogP contribution is -2.45. The van der Waals surface area contributed by atoms with Gasteiger partial charge < -0.3 is 5.73 Å². The van der Waals surface area contributed by atoms with Gasteiger partial charge >= 0.3 is 0 Å². The van der Waals surface area contributed by atoms with E-state index in [4.69, 9.17) is 5.73 Å². The van der Waals surface area contributed by atoms with E-state index < -0.39 is 20.0 Å². The van der Waals surface area contributed by atoms with Crippen LogP contribution in [-0.2, 0) is 20.0 Å². The van der Waals surface area contributed by atoms with E-state index in [2.05, 4.69) is 9.44 Å². The van der Waals surface area contributed by atoms with Gasteiger partial charge in [0.25, 0.3) is 0 Å². The lowest BCUT2D eigenvalue weighted by atomic mass is 9.84. The highest BCUT2D eigenvalue weighted by Gasteiger charge is 2.28. The van der Waals surface area contributed by atoms with Gasteiger partial charge in [-0.25, -0.2) is 26.3 Å². The summed E-state index contributed by atoms with van der Waals surface area (Å²) in [6.45, 7) is 1.82. The lowest BCUT2D eigenvalue weighted by Gasteiger charge is -2.29. The largest absolute Gasteiger partial charge is 0.329 e. The molecule has 1 aromatic carbocycles. The molecule has 7 nitrogen and oxygen atoms in total. The second-order valence-corrected chi connectivity index (χ2v) is 10.1. The van der Waals surface area contributed by atoms with Crippen LogP contribution in [0.15, 0.2) is 28.0 Å². The standard InChI is InChI=1S/C16H27N3O4S2/c1-12-10-14(8-9-16(12)25(22,23)18-2)24(20,21)19-15(11-17)13-6-4-3-5-7-13/h8-10,13,15,18-19H,3-7,11,17H2,1-2H3. The van der Waals surface area contributed by atoms with Gasteiger partial charge in [-0.2, -0.15) is 0 Å². The smallest absolute Gasteiger partial charge is 0.240 e. The van der Waals surface area contributed by atoms with Gasteiger partial charge in [0.1, 0.15) is 0 Å². The first-order chi connectivity index (χ1) is 11.7. The highest BCUT2D eigenvalue weighted by Crippen LogP contribution is 2.27. The van der Waals surface area contributed by atoms with E-state index in [9.17, 15) is 16.8 Å². The van der Waals surface area contributed by atoms with E-state index in [1.165, 1.54) is 31.7 Å². The van der Waals surface area contributed by atoms with Gasteiger partial charge in [-0.15, -0.1) is 0 Å². The van der Waals surface area contributed by atoms with Crippen molar-refractivity contribution in [1.82, 2.24) is 9.44 Å². The van der Waals surface area contributed by atoms with Crippen LogP contribution < -0.4 is 15.2 Å². The van der Waals surface area contributed by atoms with Gasteiger partial charge in [0.2, 0.25) is 20.0 Å². The molecule has 4 N–H and O–H groups in total. The van der Waals surface area contributed by atoms with Gasteiger partial charge in [0, 0.05) is 12.6 Å². The number of aryl methyl sites for hydroxylation is 1. The molecule has 2 rings (SSSR count). The molecule has 1 aliphatic rings. The molecular weight excluding hydrogens is 362 g/mol. The van der Waals surface area contributed by atoms with Crippen LogP contribution >= 0.6 is 0 Å². The first kappa shape index (κ1) is 20.3. The second-order valence-electron chi connectivity index (χ2n) is 6.50. The molecule has 1 fully saturated rings. The molecule has 1 aliphatic carbocycles. The molecule has 0 spiro atoms. The van der Waals surface area contributed by atoms with Crippen molar-refractivity contribution in [1.29, 1.82) is 0 Å². The molecule has 0 bridgehead atoms. The molecule has 0 amide bonds. The molecule has 1 atom stereocenters. The molecule has 142 valence electrons. The fourth-order valence-corrected chi connectivity index (χ4v) is 5.69. The molecule has 9 heteroatoms. The number of nitrogens with two attached hydrogens (primary N) is 1. The van der Waals surface area contributed by atoms with Crippen LogP contribution in [-0.4, -0.2) is 36.5 Å². The van der Waals surface area contributed by atoms with E-state index in [-0.39, 0.29) is 28.3 Å². The molecule has 25 heavy (non-hydrogen) atoms. The normalized spacial score (nSPS) is 18.2. The first-order valence-electron chi connectivity index (χ1n) is 8.48. The van der Waals surface area contributed by atoms with E-state index in [1.54, 1.807) is 6.92 Å². The Kier molecular flexibility index (Phi) is 6.61. The molecule has 1 unspecified atom stereocenters. The summed E-state index contributed by atoms with van der Waals surface area (Å²) in [6.07, 6.45) is 5.32. The third-order valence-corrected chi connectivity index (χ3v) is 7.86. The summed E-state index contributed by atoms with van der Waals surface area (Å²) in [7, 11) is -6.06. The minimum absolute atomic E-state index is 0.0503. The summed E-state index contributed by atoms with van der Waals surface area (Å²) >= 11 is 0. The van der Waals surface area contributed by atoms with E-state index in [0.29, 0.717) is 5.56 Å². The summed E-state index contributed by atoms with van der Waals surface area (Å²) in [4.78, 5) is 0.117. The van der Waals surface area contributed by atoms with Crippen molar-refractivity contribution < 1.29 is 16.8 Å². The minimum Gasteiger partial charge on any atom is -0.329 e. The van der Waals surface area contributed by atoms with Crippen LogP contribution in [0.2, 0.25) is 0 Å². The number of sulfonamides is 2. The average Bonchev–Trinajstić information content (AvgIpc) is 2.60. The van der Waals surface area contributed by atoms with Crippen molar-refractivity contribution in [3.05, 3.63) is 23.8 Å². The zero-order valence-electron chi connectivity index (χ0n) is 14.7. The van der Waals surface area contributed by atoms with Crippen molar-refractivity contribution in [2.24, 2.45) is 11.7 Å². The number of benzene rings is 1. The second kappa shape index (κ2) is 8.13. The van der Waals surface area contributed by atoms with Crippen molar-refractivity contribution in [3.63, 3.8) is 0 Å². The van der Waals surface area contributed by atoms with Gasteiger partial charge in [-0.3, -0.25) is 0 Å². The highest BCUT2D eigenvalue weighted by molar-refractivity contribution is 7.90. The minimum atomic E-state index is -3.76. The third-order valence-electron chi connectivity index (χ3n) is 4.79. The number of rotatable bonds is 7. The summed E-state index contributed by atoms with van der Waals surface area (Å²) in [6, 6.07) is 3.70. The molecule has 1 saturated carbocycles. The van der Waals surface area contributed by atoms with Crippen LogP contribution in [0.1, 0.15) is 37.7 Å². The maximum atomic E-state index is 12.7. The Balaban J connectivity index is 2.25. The Bertz CT molecular complexity index is 801. The summed E-state index contributed by atoms with van der Waals surface area (Å²) in [5, 5.41) is 0. The Morgan fingerprint density at radius 3 is 2.28 bits per heavy atom. The van der Waals surface area contributed by atoms with E-state index in [1.807, 2.05) is 0 Å². The van der Waals surface area contributed by atoms with Crippen LogP contribution in [0, 0.1) is 12.8 Å². The highest BCUT2D eigenvalue weighted by atomic mass is 32.2. The van der Waals surface area contributed by atoms with Gasteiger partial charge in [0.15, 0.2) is 0 Å². The van der Waals surface area contributed by atoms with Crippen molar-refractivity contribution in [2.45, 2.75) is 54.9 Å². The molecule has 0 aromatic heterocycles. The van der Waals surface area contributed by atoms with Crippen LogP contribution in [0.3, 0.4) is 0 Å². The fraction of sp³-hybridized carbons (Fsp3) is 0.625. The third kappa shape index (κ3) is 4.79. The predicted octanol–water partition coefficient (Wildman–Crippen LogP) is 1.09. The fourth-order valence-electron chi connectivity index (χ4n) is 3.34. The van der Waals surface area contributed by atoms with Gasteiger partial charge in [-0.05, 0) is 56.5 Å². The maximum absolute atomic E-state index is 12.7. The quantitative estimate of drug-likeness (QED) is 0.645. The first-order valence-corrected chi connectivity index (χ1v) is 11.4. The Hall–Kier alpha value is -1.00. The number of hydrogen-bond acceptors (Lipinski definition) is 5. The topological polar surface area (TPSA) is 118 Å². The Morgan fingerprint density at radius 1 is 1.12 bits per heavy atom. The van der Waals surface area contributed by atoms with Gasteiger partial charge in [-0.1, -0.05) is 19.3 Å². The van der Waals surface area contributed by atoms with Crippen LogP contribution in [0.4, 0.5) is 0 Å². The molecule has 0 aliphatic heterocycles. The van der Waals surface area contributed by atoms with Crippen molar-refractivity contribution in [3.8, 4) is 0 Å². The zero-order chi connectivity index (χ0) is 18.7. The summed E-state index contributed by atoms with van der Waals surface area (Å²) in [5.74, 6) is 0.249. The zero-order valence-corrected chi connectivity index (χ0v) is 16.3. The molecule has 1 aromatic rings. The summed E-state index contributed by atoms with van der Waals surface area (Å²) in [5.41, 5.74) is 6.18. The monoisotopic (exact) mass is 389 g/mol. The number of nitrogens with one attached hydrogen (secondary N) is 2. The molecule has 0 radical (unpaired) electrons. The van der Waals surface area contributed by atoms with Crippen LogP contribution in [0.5, 0.6) is 0 Å². The molecule has 0 saturated heterocycles. The maximum Gasteiger partial charge on any atom is 0.240 e. The SMILES string of the molecule is CNS(=O)(=O)c1ccc(S(=O)(=O)NC(CN)C2CCCCC2)cc1C. The van der Waals surface area contributed by atoms with Crippen molar-refractivity contribution in [2.75, 3.05) is 13.6 Å². The van der Waals surface area contributed by atoms with Crippen molar-refractivity contribution >= 4 is 20.0 Å². The predicted molar refractivity (Wildman–Crippen MR) is 97.2 cm³/mol. The van der Waals surface area contributed by atoms with Gasteiger partial charge in [0.05, 0.1) is 9.79 Å². The van der Waals surface area contributed by atoms with Crippen LogP contribution in [0.25, 0.3) is 0 Å². The Morgan fingerprint density at radius 2 is 1.76 bits per heavy atom. The Labute approximate surface area is 150 Å². The molecule has 0 heterocycles. The van der Waals surface area contributed by atoms with E-state index in [0.717, 1.165) is 25.7 Å². The lowest BCUT2D eigenvalue weighted by molar-refractivity contribution is 0.294. The average molecular weight is 390 g/mol. The number of hydrogen-bond donors (Lipinski definition) is 3. The molecular formula is C16H27N3O4S2. The summed E-state index contributed by atoms with van der Waals surface area (Å²) < 4.78 is 54.2.